The molecule has 186 valence electrons. The maximum Gasteiger partial charge on any atom is 0.0540 e. The molecule has 0 amide bonds. The number of benzene rings is 7. The van der Waals surface area contributed by atoms with Crippen molar-refractivity contribution in [2.75, 3.05) is 16.8 Å². The third-order valence-corrected chi connectivity index (χ3v) is 7.62. The standard InChI is InChI=1S/C37H28N2/c1-38(37-26-28-13-6-7-17-32(28)34-19-9-10-20-35(34)37)29-22-24-31(25-23-29)39(30-15-3-2-4-16-30)36-21-11-14-27-12-5-8-18-33(27)36/h2-26H,1H3. The van der Waals surface area contributed by atoms with Gasteiger partial charge in [-0.25, -0.2) is 0 Å². The van der Waals surface area contributed by atoms with E-state index in [1.165, 1.54) is 43.7 Å². The van der Waals surface area contributed by atoms with Gasteiger partial charge in [-0.15, -0.1) is 0 Å². The highest BCUT2D eigenvalue weighted by Gasteiger charge is 2.16. The molecular weight excluding hydrogens is 472 g/mol. The molecular formula is C37H28N2. The summed E-state index contributed by atoms with van der Waals surface area (Å²) in [5.41, 5.74) is 5.77. The zero-order valence-corrected chi connectivity index (χ0v) is 21.8. The van der Waals surface area contributed by atoms with Gasteiger partial charge in [0.25, 0.3) is 0 Å². The molecule has 0 heterocycles. The predicted octanol–water partition coefficient (Wildman–Crippen LogP) is 10.4. The van der Waals surface area contributed by atoms with E-state index in [1.54, 1.807) is 0 Å². The summed E-state index contributed by atoms with van der Waals surface area (Å²) in [6.45, 7) is 0. The SMILES string of the molecule is CN(c1ccc(N(c2ccccc2)c2cccc3ccccc23)cc1)c1cc2ccccc2c2ccccc12. The fraction of sp³-hybridized carbons (Fsp3) is 0.0270. The summed E-state index contributed by atoms with van der Waals surface area (Å²) in [7, 11) is 2.16. The Hall–Kier alpha value is -5.08. The number of anilines is 5. The van der Waals surface area contributed by atoms with E-state index in [-0.39, 0.29) is 0 Å². The van der Waals surface area contributed by atoms with Crippen molar-refractivity contribution in [2.24, 2.45) is 0 Å². The first-order chi connectivity index (χ1) is 19.3. The van der Waals surface area contributed by atoms with Gasteiger partial charge >= 0.3 is 0 Å². The second-order valence-electron chi connectivity index (χ2n) is 9.91. The van der Waals surface area contributed by atoms with Crippen molar-refractivity contribution in [3.05, 3.63) is 152 Å². The Morgan fingerprint density at radius 1 is 0.359 bits per heavy atom. The third-order valence-electron chi connectivity index (χ3n) is 7.62. The minimum Gasteiger partial charge on any atom is -0.344 e. The molecule has 0 saturated carbocycles. The van der Waals surface area contributed by atoms with Gasteiger partial charge in [0.1, 0.15) is 0 Å². The van der Waals surface area contributed by atoms with Crippen LogP contribution >= 0.6 is 0 Å². The van der Waals surface area contributed by atoms with Crippen LogP contribution in [0.25, 0.3) is 32.3 Å². The third kappa shape index (κ3) is 4.07. The number of hydrogen-bond donors (Lipinski definition) is 0. The molecule has 0 saturated heterocycles. The van der Waals surface area contributed by atoms with E-state index in [1.807, 2.05) is 0 Å². The Morgan fingerprint density at radius 2 is 0.897 bits per heavy atom. The molecule has 0 atom stereocenters. The first kappa shape index (κ1) is 23.1. The lowest BCUT2D eigenvalue weighted by atomic mass is 9.99. The second-order valence-corrected chi connectivity index (χ2v) is 9.91. The average Bonchev–Trinajstić information content (AvgIpc) is 3.01. The summed E-state index contributed by atoms with van der Waals surface area (Å²) in [4.78, 5) is 4.64. The fourth-order valence-electron chi connectivity index (χ4n) is 5.68. The van der Waals surface area contributed by atoms with Gasteiger partial charge < -0.3 is 9.80 Å². The number of fused-ring (bicyclic) bond motifs is 4. The summed E-state index contributed by atoms with van der Waals surface area (Å²) < 4.78 is 0. The van der Waals surface area contributed by atoms with Crippen molar-refractivity contribution in [1.29, 1.82) is 0 Å². The van der Waals surface area contributed by atoms with Crippen molar-refractivity contribution in [1.82, 2.24) is 0 Å². The Labute approximate surface area is 229 Å². The van der Waals surface area contributed by atoms with Crippen molar-refractivity contribution in [3.8, 4) is 0 Å². The van der Waals surface area contributed by atoms with Gasteiger partial charge in [0.2, 0.25) is 0 Å². The fourth-order valence-corrected chi connectivity index (χ4v) is 5.68. The van der Waals surface area contributed by atoms with Gasteiger partial charge in [-0.2, -0.15) is 0 Å². The average molecular weight is 501 g/mol. The lowest BCUT2D eigenvalue weighted by Gasteiger charge is -2.28. The number of para-hydroxylation sites is 1. The molecule has 0 N–H and O–H groups in total. The second kappa shape index (κ2) is 9.66. The van der Waals surface area contributed by atoms with Gasteiger partial charge in [0.15, 0.2) is 0 Å². The molecule has 0 unspecified atom stereocenters. The van der Waals surface area contributed by atoms with E-state index < -0.39 is 0 Å². The molecule has 2 heteroatoms. The minimum atomic E-state index is 1.12. The van der Waals surface area contributed by atoms with Crippen molar-refractivity contribution >= 4 is 60.8 Å². The maximum atomic E-state index is 2.34. The van der Waals surface area contributed by atoms with Gasteiger partial charge in [-0.05, 0) is 70.1 Å². The van der Waals surface area contributed by atoms with Crippen LogP contribution in [0, 0.1) is 0 Å². The van der Waals surface area contributed by atoms with E-state index in [4.69, 9.17) is 0 Å². The van der Waals surface area contributed by atoms with Crippen LogP contribution in [0.15, 0.2) is 152 Å². The van der Waals surface area contributed by atoms with E-state index >= 15 is 0 Å². The molecule has 0 fully saturated rings. The van der Waals surface area contributed by atoms with Crippen LogP contribution in [0.4, 0.5) is 28.4 Å². The van der Waals surface area contributed by atoms with Crippen LogP contribution in [0.3, 0.4) is 0 Å². The Bertz CT molecular complexity index is 1920. The normalized spacial score (nSPS) is 11.2. The van der Waals surface area contributed by atoms with Crippen molar-refractivity contribution < 1.29 is 0 Å². The number of hydrogen-bond acceptors (Lipinski definition) is 2. The maximum absolute atomic E-state index is 2.34. The molecule has 39 heavy (non-hydrogen) atoms. The van der Waals surface area contributed by atoms with Crippen LogP contribution in [-0.4, -0.2) is 7.05 Å². The summed E-state index contributed by atoms with van der Waals surface area (Å²) in [6, 6.07) is 54.2. The molecule has 0 aliphatic heterocycles. The zero-order valence-electron chi connectivity index (χ0n) is 21.8. The largest absolute Gasteiger partial charge is 0.344 e. The molecule has 0 bridgehead atoms. The molecule has 0 spiro atoms. The highest BCUT2D eigenvalue weighted by atomic mass is 15.1. The smallest absolute Gasteiger partial charge is 0.0540 e. The van der Waals surface area contributed by atoms with E-state index in [0.717, 1.165) is 17.1 Å². The molecule has 7 aromatic rings. The summed E-state index contributed by atoms with van der Waals surface area (Å²) in [6.07, 6.45) is 0. The number of rotatable bonds is 5. The first-order valence-electron chi connectivity index (χ1n) is 13.4. The van der Waals surface area contributed by atoms with Crippen molar-refractivity contribution in [3.63, 3.8) is 0 Å². The molecule has 0 radical (unpaired) electrons. The van der Waals surface area contributed by atoms with Gasteiger partial charge in [-0.3, -0.25) is 0 Å². The van der Waals surface area contributed by atoms with Crippen LogP contribution in [0.1, 0.15) is 0 Å². The lowest BCUT2D eigenvalue weighted by Crippen LogP contribution is -2.12. The van der Waals surface area contributed by atoms with Crippen LogP contribution in [-0.2, 0) is 0 Å². The lowest BCUT2D eigenvalue weighted by molar-refractivity contribution is 1.22. The highest BCUT2D eigenvalue weighted by Crippen LogP contribution is 2.41. The topological polar surface area (TPSA) is 6.48 Å². The quantitative estimate of drug-likeness (QED) is 0.217. The van der Waals surface area contributed by atoms with Crippen molar-refractivity contribution in [2.45, 2.75) is 0 Å². The molecule has 7 rings (SSSR count). The van der Waals surface area contributed by atoms with Crippen LogP contribution in [0.2, 0.25) is 0 Å². The summed E-state index contributed by atoms with van der Waals surface area (Å²) in [5, 5.41) is 7.53. The molecule has 7 aromatic carbocycles. The van der Waals surface area contributed by atoms with Gasteiger partial charge in [0.05, 0.1) is 5.69 Å². The van der Waals surface area contributed by atoms with Crippen LogP contribution < -0.4 is 9.80 Å². The molecule has 0 aliphatic rings. The van der Waals surface area contributed by atoms with Gasteiger partial charge in [0, 0.05) is 40.6 Å². The van der Waals surface area contributed by atoms with E-state index in [0.29, 0.717) is 0 Å². The molecule has 2 nitrogen and oxygen atoms in total. The molecule has 0 aromatic heterocycles. The predicted molar refractivity (Wildman–Crippen MR) is 168 cm³/mol. The Balaban J connectivity index is 1.33. The first-order valence-corrected chi connectivity index (χ1v) is 13.4. The minimum absolute atomic E-state index is 1.12. The monoisotopic (exact) mass is 500 g/mol. The summed E-state index contributed by atoms with van der Waals surface area (Å²) in [5.74, 6) is 0. The molecule has 0 aliphatic carbocycles. The van der Waals surface area contributed by atoms with E-state index in [2.05, 4.69) is 169 Å². The van der Waals surface area contributed by atoms with Gasteiger partial charge in [-0.1, -0.05) is 103 Å². The highest BCUT2D eigenvalue weighted by molar-refractivity contribution is 6.13. The summed E-state index contributed by atoms with van der Waals surface area (Å²) >= 11 is 0. The Kier molecular flexibility index (Phi) is 5.71. The number of nitrogens with zero attached hydrogens (tertiary/aromatic N) is 2. The van der Waals surface area contributed by atoms with E-state index in [9.17, 15) is 0 Å². The zero-order chi connectivity index (χ0) is 26.2. The Morgan fingerprint density at radius 3 is 1.67 bits per heavy atom. The van der Waals surface area contributed by atoms with Crippen LogP contribution in [0.5, 0.6) is 0 Å².